The largest absolute Gasteiger partial charge is 0.395 e. The molecule has 0 saturated carbocycles. The van der Waals surface area contributed by atoms with Crippen LogP contribution in [0.4, 0.5) is 0 Å². The quantitative estimate of drug-likeness (QED) is 0.783. The van der Waals surface area contributed by atoms with Crippen LogP contribution in [0.3, 0.4) is 0 Å². The van der Waals surface area contributed by atoms with Gasteiger partial charge >= 0.3 is 0 Å². The highest BCUT2D eigenvalue weighted by Crippen LogP contribution is 2.31. The van der Waals surface area contributed by atoms with Crippen LogP contribution in [-0.4, -0.2) is 23.0 Å². The Morgan fingerprint density at radius 3 is 2.53 bits per heavy atom. The van der Waals surface area contributed by atoms with Crippen molar-refractivity contribution < 1.29 is 5.11 Å². The predicted molar refractivity (Wildman–Crippen MR) is 75.6 cm³/mol. The lowest BCUT2D eigenvalue weighted by Crippen LogP contribution is -2.36. The van der Waals surface area contributed by atoms with Gasteiger partial charge in [0.15, 0.2) is 0 Å². The molecular weight excluding hydrogens is 254 g/mol. The van der Waals surface area contributed by atoms with Crippen LogP contribution in [-0.2, 0) is 0 Å². The molecule has 0 saturated heterocycles. The van der Waals surface area contributed by atoms with E-state index in [0.717, 1.165) is 11.3 Å². The van der Waals surface area contributed by atoms with Crippen molar-refractivity contribution in [1.29, 1.82) is 0 Å². The van der Waals surface area contributed by atoms with Crippen molar-refractivity contribution in [2.45, 2.75) is 36.5 Å². The molecule has 1 aromatic rings. The molecule has 0 aliphatic rings. The number of hydrogen-bond donors (Lipinski definition) is 2. The van der Waals surface area contributed by atoms with Gasteiger partial charge in [-0.1, -0.05) is 37.6 Å². The standard InChI is InChI=1S/C13H20ClNOS/c1-9(2)7-11(15)13(8-16)17-12-6-4-3-5-10(12)14/h3-6,9,11,13,16H,7-8,15H2,1-2H3. The van der Waals surface area contributed by atoms with E-state index in [9.17, 15) is 5.11 Å². The topological polar surface area (TPSA) is 46.2 Å². The second kappa shape index (κ2) is 7.27. The molecule has 0 spiro atoms. The summed E-state index contributed by atoms with van der Waals surface area (Å²) in [7, 11) is 0. The van der Waals surface area contributed by atoms with Crippen LogP contribution in [0.15, 0.2) is 29.2 Å². The molecule has 1 rings (SSSR count). The monoisotopic (exact) mass is 273 g/mol. The average molecular weight is 274 g/mol. The Kier molecular flexibility index (Phi) is 6.34. The molecule has 17 heavy (non-hydrogen) atoms. The second-order valence-corrected chi connectivity index (χ2v) is 6.25. The van der Waals surface area contributed by atoms with Gasteiger partial charge in [-0.05, 0) is 24.5 Å². The van der Waals surface area contributed by atoms with Gasteiger partial charge < -0.3 is 10.8 Å². The maximum atomic E-state index is 9.42. The Morgan fingerprint density at radius 2 is 2.00 bits per heavy atom. The van der Waals surface area contributed by atoms with Crippen molar-refractivity contribution in [3.8, 4) is 0 Å². The fourth-order valence-corrected chi connectivity index (χ4v) is 2.95. The zero-order chi connectivity index (χ0) is 12.8. The minimum atomic E-state index is -0.0127. The summed E-state index contributed by atoms with van der Waals surface area (Å²) in [6, 6.07) is 7.64. The van der Waals surface area contributed by atoms with Gasteiger partial charge in [0.2, 0.25) is 0 Å². The summed E-state index contributed by atoms with van der Waals surface area (Å²) in [5.74, 6) is 0.533. The average Bonchev–Trinajstić information content (AvgIpc) is 2.27. The molecule has 0 bridgehead atoms. The molecule has 0 aromatic heterocycles. The van der Waals surface area contributed by atoms with Crippen molar-refractivity contribution in [1.82, 2.24) is 0 Å². The Bertz CT molecular complexity index is 346. The van der Waals surface area contributed by atoms with Gasteiger partial charge in [-0.25, -0.2) is 0 Å². The minimum absolute atomic E-state index is 0.00250. The molecule has 2 unspecified atom stereocenters. The number of rotatable bonds is 6. The van der Waals surface area contributed by atoms with E-state index in [1.54, 1.807) is 11.8 Å². The van der Waals surface area contributed by atoms with E-state index in [1.165, 1.54) is 0 Å². The van der Waals surface area contributed by atoms with Gasteiger partial charge in [-0.15, -0.1) is 11.8 Å². The first-order chi connectivity index (χ1) is 8.04. The van der Waals surface area contributed by atoms with Crippen LogP contribution in [0, 0.1) is 5.92 Å². The Hall–Kier alpha value is -0.220. The van der Waals surface area contributed by atoms with Crippen molar-refractivity contribution in [2.75, 3.05) is 6.61 Å². The van der Waals surface area contributed by atoms with Gasteiger partial charge in [0.25, 0.3) is 0 Å². The van der Waals surface area contributed by atoms with Crippen LogP contribution >= 0.6 is 23.4 Å². The van der Waals surface area contributed by atoms with Crippen LogP contribution in [0.25, 0.3) is 0 Å². The predicted octanol–water partition coefficient (Wildman–Crippen LogP) is 3.17. The molecule has 2 atom stereocenters. The number of thioether (sulfide) groups is 1. The van der Waals surface area contributed by atoms with E-state index in [1.807, 2.05) is 24.3 Å². The van der Waals surface area contributed by atoms with E-state index in [-0.39, 0.29) is 17.9 Å². The maximum Gasteiger partial charge on any atom is 0.0568 e. The van der Waals surface area contributed by atoms with Crippen molar-refractivity contribution >= 4 is 23.4 Å². The molecule has 0 amide bonds. The third kappa shape index (κ3) is 4.88. The molecule has 0 fully saturated rings. The van der Waals surface area contributed by atoms with E-state index >= 15 is 0 Å². The van der Waals surface area contributed by atoms with Gasteiger partial charge in [0.1, 0.15) is 0 Å². The summed E-state index contributed by atoms with van der Waals surface area (Å²) in [5.41, 5.74) is 6.10. The van der Waals surface area contributed by atoms with Crippen LogP contribution < -0.4 is 5.73 Å². The SMILES string of the molecule is CC(C)CC(N)C(CO)Sc1ccccc1Cl. The van der Waals surface area contributed by atoms with Crippen LogP contribution in [0.5, 0.6) is 0 Å². The molecule has 1 aromatic carbocycles. The van der Waals surface area contributed by atoms with Crippen molar-refractivity contribution in [2.24, 2.45) is 11.7 Å². The minimum Gasteiger partial charge on any atom is -0.395 e. The second-order valence-electron chi connectivity index (χ2n) is 4.56. The third-order valence-corrected chi connectivity index (χ3v) is 4.37. The number of nitrogens with two attached hydrogens (primary N) is 1. The fraction of sp³-hybridized carbons (Fsp3) is 0.538. The Balaban J connectivity index is 2.66. The van der Waals surface area contributed by atoms with Crippen molar-refractivity contribution in [3.05, 3.63) is 29.3 Å². The Morgan fingerprint density at radius 1 is 1.35 bits per heavy atom. The molecule has 3 N–H and O–H groups in total. The first-order valence-corrected chi connectivity index (χ1v) is 7.08. The van der Waals surface area contributed by atoms with Crippen LogP contribution in [0.1, 0.15) is 20.3 Å². The summed E-state index contributed by atoms with van der Waals surface area (Å²) in [6.07, 6.45) is 0.905. The summed E-state index contributed by atoms with van der Waals surface area (Å²) in [4.78, 5) is 0.979. The van der Waals surface area contributed by atoms with E-state index < -0.39 is 0 Å². The Labute approximate surface area is 113 Å². The van der Waals surface area contributed by atoms with Gasteiger partial charge in [0, 0.05) is 16.2 Å². The fourth-order valence-electron chi connectivity index (χ4n) is 1.66. The zero-order valence-corrected chi connectivity index (χ0v) is 11.8. The molecule has 0 aliphatic heterocycles. The highest BCUT2D eigenvalue weighted by Gasteiger charge is 2.20. The third-order valence-electron chi connectivity index (χ3n) is 2.52. The number of hydrogen-bond acceptors (Lipinski definition) is 3. The lowest BCUT2D eigenvalue weighted by atomic mass is 10.0. The highest BCUT2D eigenvalue weighted by molar-refractivity contribution is 8.00. The lowest BCUT2D eigenvalue weighted by Gasteiger charge is -2.23. The summed E-state index contributed by atoms with van der Waals surface area (Å²) >= 11 is 7.65. The lowest BCUT2D eigenvalue weighted by molar-refractivity contribution is 0.275. The number of halogens is 1. The first kappa shape index (κ1) is 14.8. The summed E-state index contributed by atoms with van der Waals surface area (Å²) in [5, 5.41) is 10.1. The van der Waals surface area contributed by atoms with E-state index in [0.29, 0.717) is 10.9 Å². The molecule has 0 radical (unpaired) electrons. The molecule has 96 valence electrons. The van der Waals surface area contributed by atoms with Gasteiger partial charge in [-0.2, -0.15) is 0 Å². The molecule has 4 heteroatoms. The number of aliphatic hydroxyl groups is 1. The molecule has 2 nitrogen and oxygen atoms in total. The van der Waals surface area contributed by atoms with E-state index in [4.69, 9.17) is 17.3 Å². The van der Waals surface area contributed by atoms with E-state index in [2.05, 4.69) is 13.8 Å². The summed E-state index contributed by atoms with van der Waals surface area (Å²) in [6.45, 7) is 4.34. The summed E-state index contributed by atoms with van der Waals surface area (Å²) < 4.78 is 0. The number of benzene rings is 1. The van der Waals surface area contributed by atoms with Gasteiger partial charge in [0.05, 0.1) is 11.6 Å². The van der Waals surface area contributed by atoms with Gasteiger partial charge in [-0.3, -0.25) is 0 Å². The molecule has 0 heterocycles. The normalized spacial score (nSPS) is 14.9. The smallest absolute Gasteiger partial charge is 0.0568 e. The maximum absolute atomic E-state index is 9.42. The number of aliphatic hydroxyl groups excluding tert-OH is 1. The molecular formula is C13H20ClNOS. The first-order valence-electron chi connectivity index (χ1n) is 5.82. The molecule has 0 aliphatic carbocycles. The van der Waals surface area contributed by atoms with Crippen LogP contribution in [0.2, 0.25) is 5.02 Å². The highest BCUT2D eigenvalue weighted by atomic mass is 35.5. The van der Waals surface area contributed by atoms with Crippen molar-refractivity contribution in [3.63, 3.8) is 0 Å². The zero-order valence-electron chi connectivity index (χ0n) is 10.3.